The van der Waals surface area contributed by atoms with Gasteiger partial charge >= 0.3 is 5.97 Å². The molecule has 6 heteroatoms. The molecule has 1 heterocycles. The number of anilines is 1. The molecule has 0 aromatic heterocycles. The molecule has 132 valence electrons. The minimum absolute atomic E-state index is 0.145. The SMILES string of the molecule is CCOC(=O)C1=NN(c2ccccc2)/C(=C/C(=O)c2ccc(C)cc2)S1. The molecule has 2 aromatic carbocycles. The highest BCUT2D eigenvalue weighted by molar-refractivity contribution is 8.19. The average molecular weight is 366 g/mol. The third-order valence-corrected chi connectivity index (χ3v) is 4.58. The molecule has 26 heavy (non-hydrogen) atoms. The number of hydrogen-bond donors (Lipinski definition) is 0. The Balaban J connectivity index is 1.92. The number of aryl methyl sites for hydroxylation is 1. The largest absolute Gasteiger partial charge is 0.461 e. The van der Waals surface area contributed by atoms with Gasteiger partial charge in [-0.15, -0.1) is 0 Å². The summed E-state index contributed by atoms with van der Waals surface area (Å²) in [4.78, 5) is 24.7. The molecule has 0 spiro atoms. The number of hydrogen-bond acceptors (Lipinski definition) is 6. The number of ether oxygens (including phenoxy) is 1. The molecule has 0 saturated carbocycles. The molecule has 0 radical (unpaired) electrons. The lowest BCUT2D eigenvalue weighted by Crippen LogP contribution is -2.13. The molecule has 0 aliphatic carbocycles. The Labute approximate surface area is 156 Å². The summed E-state index contributed by atoms with van der Waals surface area (Å²) in [6.45, 7) is 3.98. The van der Waals surface area contributed by atoms with Crippen molar-refractivity contribution >= 4 is 34.2 Å². The predicted molar refractivity (Wildman–Crippen MR) is 104 cm³/mol. The maximum absolute atomic E-state index is 12.6. The molecule has 0 fully saturated rings. The van der Waals surface area contributed by atoms with Gasteiger partial charge in [-0.2, -0.15) is 5.10 Å². The number of nitrogens with zero attached hydrogens (tertiary/aromatic N) is 2. The molecule has 0 saturated heterocycles. The van der Waals surface area contributed by atoms with E-state index in [2.05, 4.69) is 5.10 Å². The van der Waals surface area contributed by atoms with E-state index in [1.165, 1.54) is 6.08 Å². The molecule has 1 aliphatic heterocycles. The summed E-state index contributed by atoms with van der Waals surface area (Å²) >= 11 is 1.13. The normalized spacial score (nSPS) is 15.1. The topological polar surface area (TPSA) is 59.0 Å². The van der Waals surface area contributed by atoms with Crippen LogP contribution < -0.4 is 5.01 Å². The molecule has 5 nitrogen and oxygen atoms in total. The van der Waals surface area contributed by atoms with Gasteiger partial charge in [-0.3, -0.25) is 4.79 Å². The van der Waals surface area contributed by atoms with Gasteiger partial charge in [0, 0.05) is 11.6 Å². The Hall–Kier alpha value is -2.86. The lowest BCUT2D eigenvalue weighted by molar-refractivity contribution is -0.134. The first-order chi connectivity index (χ1) is 12.6. The molecule has 0 bridgehead atoms. The van der Waals surface area contributed by atoms with Crippen molar-refractivity contribution < 1.29 is 14.3 Å². The zero-order valence-corrected chi connectivity index (χ0v) is 15.3. The number of carbonyl (C=O) groups excluding carboxylic acids is 2. The Morgan fingerprint density at radius 2 is 1.81 bits per heavy atom. The molecule has 2 aromatic rings. The number of allylic oxidation sites excluding steroid dienone is 1. The van der Waals surface area contributed by atoms with E-state index in [0.717, 1.165) is 23.0 Å². The molecule has 3 rings (SSSR count). The Morgan fingerprint density at radius 3 is 2.46 bits per heavy atom. The van der Waals surface area contributed by atoms with E-state index in [1.807, 2.05) is 49.4 Å². The van der Waals surface area contributed by atoms with E-state index in [0.29, 0.717) is 10.6 Å². The van der Waals surface area contributed by atoms with Crippen molar-refractivity contribution in [3.8, 4) is 0 Å². The van der Waals surface area contributed by atoms with Crippen molar-refractivity contribution in [3.63, 3.8) is 0 Å². The minimum atomic E-state index is -0.496. The summed E-state index contributed by atoms with van der Waals surface area (Å²) in [7, 11) is 0. The van der Waals surface area contributed by atoms with Gasteiger partial charge in [-0.05, 0) is 37.7 Å². The highest BCUT2D eigenvalue weighted by Crippen LogP contribution is 2.35. The van der Waals surface area contributed by atoms with Crippen LogP contribution in [0.1, 0.15) is 22.8 Å². The minimum Gasteiger partial charge on any atom is -0.461 e. The second kappa shape index (κ2) is 8.01. The summed E-state index contributed by atoms with van der Waals surface area (Å²) in [6, 6.07) is 16.7. The van der Waals surface area contributed by atoms with Crippen LogP contribution in [0.2, 0.25) is 0 Å². The number of para-hydroxylation sites is 1. The standard InChI is InChI=1S/C20H18N2O3S/c1-3-25-20(24)19-21-22(16-7-5-4-6-8-16)18(26-19)13-17(23)15-11-9-14(2)10-12-15/h4-13H,3H2,1-2H3/b18-13-. The van der Waals surface area contributed by atoms with E-state index in [-0.39, 0.29) is 17.4 Å². The van der Waals surface area contributed by atoms with Crippen molar-refractivity contribution in [1.29, 1.82) is 0 Å². The molecule has 0 amide bonds. The Kier molecular flexibility index (Phi) is 5.53. The molecule has 0 unspecified atom stereocenters. The molecular weight excluding hydrogens is 348 g/mol. The number of rotatable bonds is 5. The van der Waals surface area contributed by atoms with Gasteiger partial charge in [-0.1, -0.05) is 48.0 Å². The number of ketones is 1. The Bertz CT molecular complexity index is 874. The number of thioether (sulfide) groups is 1. The van der Waals surface area contributed by atoms with Gasteiger partial charge in [0.05, 0.1) is 12.3 Å². The maximum atomic E-state index is 12.6. The zero-order valence-electron chi connectivity index (χ0n) is 14.5. The average Bonchev–Trinajstić information content (AvgIpc) is 3.07. The second-order valence-electron chi connectivity index (χ2n) is 5.59. The van der Waals surface area contributed by atoms with E-state index in [1.54, 1.807) is 24.1 Å². The first kappa shape index (κ1) is 17.9. The monoisotopic (exact) mass is 366 g/mol. The Morgan fingerprint density at radius 1 is 1.12 bits per heavy atom. The summed E-state index contributed by atoms with van der Waals surface area (Å²) in [5, 5.41) is 6.69. The highest BCUT2D eigenvalue weighted by atomic mass is 32.2. The summed E-state index contributed by atoms with van der Waals surface area (Å²) in [6.07, 6.45) is 1.50. The van der Waals surface area contributed by atoms with Crippen LogP contribution in [0, 0.1) is 6.92 Å². The van der Waals surface area contributed by atoms with Gasteiger partial charge in [0.15, 0.2) is 5.78 Å². The fourth-order valence-corrected chi connectivity index (χ4v) is 3.20. The fraction of sp³-hybridized carbons (Fsp3) is 0.150. The lowest BCUT2D eigenvalue weighted by Gasteiger charge is -2.14. The van der Waals surface area contributed by atoms with Crippen molar-refractivity contribution in [2.75, 3.05) is 11.6 Å². The predicted octanol–water partition coefficient (Wildman–Crippen LogP) is 4.15. The lowest BCUT2D eigenvalue weighted by atomic mass is 10.1. The van der Waals surface area contributed by atoms with Crippen LogP contribution in [0.25, 0.3) is 0 Å². The highest BCUT2D eigenvalue weighted by Gasteiger charge is 2.29. The van der Waals surface area contributed by atoms with Crippen LogP contribution in [0.3, 0.4) is 0 Å². The molecule has 1 aliphatic rings. The summed E-state index contributed by atoms with van der Waals surface area (Å²) in [5.74, 6) is -0.640. The molecule has 0 N–H and O–H groups in total. The first-order valence-corrected chi connectivity index (χ1v) is 9.01. The van der Waals surface area contributed by atoms with Crippen molar-refractivity contribution in [1.82, 2.24) is 0 Å². The third kappa shape index (κ3) is 4.03. The fourth-order valence-electron chi connectivity index (χ4n) is 2.34. The third-order valence-electron chi connectivity index (χ3n) is 3.64. The van der Waals surface area contributed by atoms with Gasteiger partial charge < -0.3 is 4.74 Å². The second-order valence-corrected chi connectivity index (χ2v) is 6.60. The summed E-state index contributed by atoms with van der Waals surface area (Å²) in [5.41, 5.74) is 2.44. The number of hydrazone groups is 1. The number of carbonyl (C=O) groups is 2. The van der Waals surface area contributed by atoms with Gasteiger partial charge in [0.1, 0.15) is 5.03 Å². The molecular formula is C20H18N2O3S. The number of benzene rings is 2. The number of esters is 1. The van der Waals surface area contributed by atoms with E-state index in [9.17, 15) is 9.59 Å². The molecule has 0 atom stereocenters. The van der Waals surface area contributed by atoms with E-state index < -0.39 is 5.97 Å². The van der Waals surface area contributed by atoms with E-state index in [4.69, 9.17) is 4.74 Å². The van der Waals surface area contributed by atoms with Gasteiger partial charge in [0.2, 0.25) is 5.04 Å². The van der Waals surface area contributed by atoms with Crippen LogP contribution in [0.4, 0.5) is 5.69 Å². The van der Waals surface area contributed by atoms with E-state index >= 15 is 0 Å². The van der Waals surface area contributed by atoms with Crippen molar-refractivity contribution in [2.45, 2.75) is 13.8 Å². The van der Waals surface area contributed by atoms with Crippen LogP contribution in [-0.4, -0.2) is 23.4 Å². The summed E-state index contributed by atoms with van der Waals surface area (Å²) < 4.78 is 5.03. The van der Waals surface area contributed by atoms with Gasteiger partial charge in [0.25, 0.3) is 0 Å². The van der Waals surface area contributed by atoms with Crippen LogP contribution >= 0.6 is 11.8 Å². The quantitative estimate of drug-likeness (QED) is 0.452. The van der Waals surface area contributed by atoms with Crippen LogP contribution in [0.5, 0.6) is 0 Å². The van der Waals surface area contributed by atoms with Crippen LogP contribution in [0.15, 0.2) is 70.8 Å². The maximum Gasteiger partial charge on any atom is 0.365 e. The van der Waals surface area contributed by atoms with Crippen LogP contribution in [-0.2, 0) is 9.53 Å². The smallest absolute Gasteiger partial charge is 0.365 e. The first-order valence-electron chi connectivity index (χ1n) is 8.20. The zero-order chi connectivity index (χ0) is 18.5. The van der Waals surface area contributed by atoms with Crippen molar-refractivity contribution in [2.24, 2.45) is 5.10 Å². The van der Waals surface area contributed by atoms with Gasteiger partial charge in [-0.25, -0.2) is 9.80 Å². The van der Waals surface area contributed by atoms with Crippen molar-refractivity contribution in [3.05, 3.63) is 76.8 Å².